The maximum atomic E-state index is 2.49. The molecule has 0 heterocycles. The number of hydrogen-bond donors (Lipinski definition) is 0. The van der Waals surface area contributed by atoms with E-state index in [-0.39, 0.29) is 0 Å². The molecule has 1 aromatic rings. The minimum absolute atomic E-state index is 1.22. The van der Waals surface area contributed by atoms with Crippen molar-refractivity contribution >= 4 is 5.57 Å². The molecule has 2 aliphatic rings. The van der Waals surface area contributed by atoms with Gasteiger partial charge in [0.25, 0.3) is 0 Å². The molecule has 0 heteroatoms. The van der Waals surface area contributed by atoms with Crippen LogP contribution in [-0.4, -0.2) is 0 Å². The van der Waals surface area contributed by atoms with Crippen LogP contribution in [0, 0.1) is 0 Å². The van der Waals surface area contributed by atoms with Crippen LogP contribution in [0.2, 0.25) is 0 Å². The van der Waals surface area contributed by atoms with E-state index in [0.29, 0.717) is 0 Å². The van der Waals surface area contributed by atoms with Crippen LogP contribution < -0.4 is 0 Å². The molecule has 0 unspecified atom stereocenters. The van der Waals surface area contributed by atoms with Crippen LogP contribution in [0.15, 0.2) is 42.0 Å². The van der Waals surface area contributed by atoms with E-state index in [9.17, 15) is 0 Å². The van der Waals surface area contributed by atoms with Gasteiger partial charge in [-0.2, -0.15) is 0 Å². The van der Waals surface area contributed by atoms with Crippen LogP contribution in [0.5, 0.6) is 0 Å². The standard InChI is InChI=1S/C20H26/c1-3-9-17(10-4-1)15-16-19-13-7-8-14-20(19)18-11-5-2-6-12-18/h7-9,11,13-14H,1-6,10,12,15-16H2. The minimum Gasteiger partial charge on any atom is -0.0853 e. The molecule has 0 saturated carbocycles. The molecule has 2 aliphatic carbocycles. The first-order chi connectivity index (χ1) is 9.93. The molecule has 20 heavy (non-hydrogen) atoms. The van der Waals surface area contributed by atoms with Crippen molar-refractivity contribution in [3.63, 3.8) is 0 Å². The molecule has 0 aromatic heterocycles. The first kappa shape index (κ1) is 13.7. The summed E-state index contributed by atoms with van der Waals surface area (Å²) in [4.78, 5) is 0. The lowest BCUT2D eigenvalue weighted by Crippen LogP contribution is -1.99. The molecule has 0 saturated heterocycles. The molecule has 1 aromatic carbocycles. The van der Waals surface area contributed by atoms with Gasteiger partial charge in [-0.3, -0.25) is 0 Å². The third-order valence-corrected chi connectivity index (χ3v) is 4.75. The minimum atomic E-state index is 1.22. The Hall–Kier alpha value is -1.30. The number of allylic oxidation sites excluding steroid dienone is 4. The number of hydrogen-bond acceptors (Lipinski definition) is 0. The summed E-state index contributed by atoms with van der Waals surface area (Å²) in [6, 6.07) is 9.08. The van der Waals surface area contributed by atoms with E-state index in [1.165, 1.54) is 69.8 Å². The van der Waals surface area contributed by atoms with E-state index in [1.54, 1.807) is 16.7 Å². The third-order valence-electron chi connectivity index (χ3n) is 4.75. The molecule has 0 amide bonds. The smallest absolute Gasteiger partial charge is 0.0195 e. The van der Waals surface area contributed by atoms with Crippen molar-refractivity contribution in [1.82, 2.24) is 0 Å². The summed E-state index contributed by atoms with van der Waals surface area (Å²) in [6.45, 7) is 0. The van der Waals surface area contributed by atoms with Crippen LogP contribution in [0.3, 0.4) is 0 Å². The predicted molar refractivity (Wildman–Crippen MR) is 87.8 cm³/mol. The number of benzene rings is 1. The SMILES string of the molecule is C1=C(CCc2ccccc2C2=CCCCC2)CCCC1. The van der Waals surface area contributed by atoms with Crippen molar-refractivity contribution in [1.29, 1.82) is 0 Å². The van der Waals surface area contributed by atoms with Crippen LogP contribution >= 0.6 is 0 Å². The highest BCUT2D eigenvalue weighted by atomic mass is 14.2. The second kappa shape index (κ2) is 6.92. The zero-order valence-corrected chi connectivity index (χ0v) is 12.5. The molecular weight excluding hydrogens is 240 g/mol. The van der Waals surface area contributed by atoms with Gasteiger partial charge in [0.15, 0.2) is 0 Å². The molecule has 0 radical (unpaired) electrons. The van der Waals surface area contributed by atoms with Crippen molar-refractivity contribution in [2.45, 2.75) is 64.2 Å². The predicted octanol–water partition coefficient (Wildman–Crippen LogP) is 6.08. The fourth-order valence-electron chi connectivity index (χ4n) is 3.56. The largest absolute Gasteiger partial charge is 0.0853 e. The zero-order valence-electron chi connectivity index (χ0n) is 12.5. The van der Waals surface area contributed by atoms with Gasteiger partial charge in [-0.15, -0.1) is 0 Å². The van der Waals surface area contributed by atoms with Crippen LogP contribution in [-0.2, 0) is 6.42 Å². The lowest BCUT2D eigenvalue weighted by molar-refractivity contribution is 0.673. The second-order valence-electron chi connectivity index (χ2n) is 6.24. The molecule has 0 aliphatic heterocycles. The summed E-state index contributed by atoms with van der Waals surface area (Å²) in [5.41, 5.74) is 6.39. The Balaban J connectivity index is 1.72. The van der Waals surface area contributed by atoms with Crippen LogP contribution in [0.25, 0.3) is 5.57 Å². The van der Waals surface area contributed by atoms with Crippen molar-refractivity contribution in [2.75, 3.05) is 0 Å². The highest BCUT2D eigenvalue weighted by Crippen LogP contribution is 2.30. The topological polar surface area (TPSA) is 0 Å². The Labute approximate surface area is 123 Å². The van der Waals surface area contributed by atoms with Gasteiger partial charge in [-0.1, -0.05) is 42.0 Å². The molecule has 0 N–H and O–H groups in total. The first-order valence-corrected chi connectivity index (χ1v) is 8.39. The fourth-order valence-corrected chi connectivity index (χ4v) is 3.56. The average Bonchev–Trinajstić information content (AvgIpc) is 2.55. The summed E-state index contributed by atoms with van der Waals surface area (Å²) in [5.74, 6) is 0. The summed E-state index contributed by atoms with van der Waals surface area (Å²) in [5, 5.41) is 0. The summed E-state index contributed by atoms with van der Waals surface area (Å²) >= 11 is 0. The quantitative estimate of drug-likeness (QED) is 0.579. The van der Waals surface area contributed by atoms with Gasteiger partial charge in [0.05, 0.1) is 0 Å². The summed E-state index contributed by atoms with van der Waals surface area (Å²) < 4.78 is 0. The lowest BCUT2D eigenvalue weighted by atomic mass is 9.88. The summed E-state index contributed by atoms with van der Waals surface area (Å²) in [7, 11) is 0. The van der Waals surface area contributed by atoms with Gasteiger partial charge < -0.3 is 0 Å². The van der Waals surface area contributed by atoms with Crippen molar-refractivity contribution in [3.05, 3.63) is 53.1 Å². The molecule has 0 fully saturated rings. The lowest BCUT2D eigenvalue weighted by Gasteiger charge is -2.18. The first-order valence-electron chi connectivity index (χ1n) is 8.39. The molecule has 0 atom stereocenters. The van der Waals surface area contributed by atoms with E-state index in [0.717, 1.165) is 0 Å². The average molecular weight is 266 g/mol. The maximum absolute atomic E-state index is 2.49. The van der Waals surface area contributed by atoms with Gasteiger partial charge in [0.1, 0.15) is 0 Å². The zero-order chi connectivity index (χ0) is 13.6. The van der Waals surface area contributed by atoms with Gasteiger partial charge in [-0.05, 0) is 80.9 Å². The number of rotatable bonds is 4. The number of aryl methyl sites for hydroxylation is 1. The summed E-state index contributed by atoms with van der Waals surface area (Å²) in [6.07, 6.45) is 18.2. The van der Waals surface area contributed by atoms with E-state index in [2.05, 4.69) is 36.4 Å². The van der Waals surface area contributed by atoms with E-state index in [4.69, 9.17) is 0 Å². The van der Waals surface area contributed by atoms with Gasteiger partial charge >= 0.3 is 0 Å². The van der Waals surface area contributed by atoms with Crippen molar-refractivity contribution < 1.29 is 0 Å². The van der Waals surface area contributed by atoms with Gasteiger partial charge in [-0.25, -0.2) is 0 Å². The molecular formula is C20H26. The molecule has 3 rings (SSSR count). The van der Waals surface area contributed by atoms with Crippen LogP contribution in [0.4, 0.5) is 0 Å². The Morgan fingerprint density at radius 3 is 2.30 bits per heavy atom. The Morgan fingerprint density at radius 2 is 1.55 bits per heavy atom. The highest BCUT2D eigenvalue weighted by molar-refractivity contribution is 5.68. The Kier molecular flexibility index (Phi) is 4.73. The molecule has 0 bridgehead atoms. The Morgan fingerprint density at radius 1 is 0.750 bits per heavy atom. The Bertz CT molecular complexity index is 505. The monoisotopic (exact) mass is 266 g/mol. The van der Waals surface area contributed by atoms with E-state index < -0.39 is 0 Å². The van der Waals surface area contributed by atoms with E-state index >= 15 is 0 Å². The van der Waals surface area contributed by atoms with Gasteiger partial charge in [0, 0.05) is 0 Å². The van der Waals surface area contributed by atoms with Gasteiger partial charge in [0.2, 0.25) is 0 Å². The van der Waals surface area contributed by atoms with Crippen molar-refractivity contribution in [2.24, 2.45) is 0 Å². The molecule has 0 spiro atoms. The normalized spacial score (nSPS) is 19.4. The van der Waals surface area contributed by atoms with Crippen LogP contribution in [0.1, 0.15) is 68.9 Å². The molecule has 0 nitrogen and oxygen atoms in total. The van der Waals surface area contributed by atoms with Crippen molar-refractivity contribution in [3.8, 4) is 0 Å². The van der Waals surface area contributed by atoms with E-state index in [1.807, 2.05) is 0 Å². The highest BCUT2D eigenvalue weighted by Gasteiger charge is 2.11. The molecule has 106 valence electrons. The third kappa shape index (κ3) is 3.42. The fraction of sp³-hybridized carbons (Fsp3) is 0.500. The maximum Gasteiger partial charge on any atom is -0.0195 e. The second-order valence-corrected chi connectivity index (χ2v) is 6.24.